The van der Waals surface area contributed by atoms with Gasteiger partial charge < -0.3 is 20.4 Å². The number of hydrogen-bond acceptors (Lipinski definition) is 3. The quantitative estimate of drug-likeness (QED) is 0.904. The summed E-state index contributed by atoms with van der Waals surface area (Å²) < 4.78 is 5.13. The molecule has 1 fully saturated rings. The first-order chi connectivity index (χ1) is 11.5. The average Bonchev–Trinajstić information content (AvgIpc) is 3.22. The van der Waals surface area contributed by atoms with Crippen molar-refractivity contribution in [3.63, 3.8) is 0 Å². The molecule has 0 unspecified atom stereocenters. The topological polar surface area (TPSA) is 88.4 Å². The van der Waals surface area contributed by atoms with Gasteiger partial charge >= 0.3 is 0 Å². The minimum absolute atomic E-state index is 0.0327. The zero-order valence-corrected chi connectivity index (χ0v) is 13.8. The fourth-order valence-electron chi connectivity index (χ4n) is 3.25. The number of aromatic nitrogens is 1. The van der Waals surface area contributed by atoms with Crippen LogP contribution in [0.3, 0.4) is 0 Å². The summed E-state index contributed by atoms with van der Waals surface area (Å²) >= 11 is 0. The maximum Gasteiger partial charge on any atom is 0.254 e. The Morgan fingerprint density at radius 1 is 1.33 bits per heavy atom. The number of H-pyrrole nitrogens is 1. The molecule has 24 heavy (non-hydrogen) atoms. The van der Waals surface area contributed by atoms with Crippen LogP contribution in [0.25, 0.3) is 0 Å². The highest BCUT2D eigenvalue weighted by atomic mass is 16.5. The summed E-state index contributed by atoms with van der Waals surface area (Å²) in [6.07, 6.45) is 3.81. The SMILES string of the molecule is COc1ccc(C(=O)N2CCC[C@@H]2c2cc(C)c[nH]2)cc1C(N)=O. The number of benzene rings is 1. The molecular formula is C18H21N3O3. The molecule has 2 aromatic rings. The van der Waals surface area contributed by atoms with Gasteiger partial charge in [-0.15, -0.1) is 0 Å². The molecule has 0 spiro atoms. The summed E-state index contributed by atoms with van der Waals surface area (Å²) in [5.41, 5.74) is 8.23. The summed E-state index contributed by atoms with van der Waals surface area (Å²) in [5, 5.41) is 0. The Labute approximate surface area is 140 Å². The molecule has 126 valence electrons. The molecule has 1 saturated heterocycles. The first-order valence-electron chi connectivity index (χ1n) is 7.95. The first-order valence-corrected chi connectivity index (χ1v) is 7.95. The zero-order valence-electron chi connectivity index (χ0n) is 13.8. The number of primary amides is 1. The summed E-state index contributed by atoms with van der Waals surface area (Å²) in [6, 6.07) is 6.89. The molecule has 1 aliphatic heterocycles. The number of amides is 2. The molecule has 2 amide bonds. The molecule has 1 aromatic carbocycles. The molecule has 0 radical (unpaired) electrons. The number of methoxy groups -OCH3 is 1. The highest BCUT2D eigenvalue weighted by Gasteiger charge is 2.31. The minimum atomic E-state index is -0.612. The lowest BCUT2D eigenvalue weighted by molar-refractivity contribution is 0.0733. The first kappa shape index (κ1) is 16.1. The second kappa shape index (κ2) is 6.39. The van der Waals surface area contributed by atoms with Gasteiger partial charge in [-0.1, -0.05) is 0 Å². The van der Waals surface area contributed by atoms with E-state index in [2.05, 4.69) is 11.1 Å². The standard InChI is InChI=1S/C18H21N3O3/c1-11-8-14(20-10-11)15-4-3-7-21(15)18(23)12-5-6-16(24-2)13(9-12)17(19)22/h5-6,8-10,15,20H,3-4,7H2,1-2H3,(H2,19,22)/t15-/m1/s1. The van der Waals surface area contributed by atoms with Gasteiger partial charge in [-0.2, -0.15) is 0 Å². The van der Waals surface area contributed by atoms with E-state index in [9.17, 15) is 9.59 Å². The van der Waals surface area contributed by atoms with Crippen LogP contribution in [0, 0.1) is 6.92 Å². The number of ether oxygens (including phenoxy) is 1. The van der Waals surface area contributed by atoms with Gasteiger partial charge in [-0.05, 0) is 49.6 Å². The van der Waals surface area contributed by atoms with E-state index < -0.39 is 5.91 Å². The number of carbonyl (C=O) groups excluding carboxylic acids is 2. The number of likely N-dealkylation sites (tertiary alicyclic amines) is 1. The second-order valence-corrected chi connectivity index (χ2v) is 6.07. The van der Waals surface area contributed by atoms with Crippen molar-refractivity contribution in [1.82, 2.24) is 9.88 Å². The number of nitrogens with one attached hydrogen (secondary N) is 1. The molecular weight excluding hydrogens is 306 g/mol. The lowest BCUT2D eigenvalue weighted by Gasteiger charge is -2.24. The number of hydrogen-bond donors (Lipinski definition) is 2. The Balaban J connectivity index is 1.90. The Bertz CT molecular complexity index is 782. The van der Waals surface area contributed by atoms with Gasteiger partial charge in [0.15, 0.2) is 0 Å². The van der Waals surface area contributed by atoms with E-state index >= 15 is 0 Å². The van der Waals surface area contributed by atoms with Crippen LogP contribution in [0.2, 0.25) is 0 Å². The number of rotatable bonds is 4. The third kappa shape index (κ3) is 2.87. The highest BCUT2D eigenvalue weighted by Crippen LogP contribution is 2.33. The predicted octanol–water partition coefficient (Wildman–Crippen LogP) is 2.41. The van der Waals surface area contributed by atoms with Gasteiger partial charge in [0, 0.05) is 24.0 Å². The molecule has 1 aliphatic rings. The monoisotopic (exact) mass is 327 g/mol. The van der Waals surface area contributed by atoms with Crippen LogP contribution in [0.4, 0.5) is 0 Å². The maximum absolute atomic E-state index is 12.9. The smallest absolute Gasteiger partial charge is 0.254 e. The fraction of sp³-hybridized carbons (Fsp3) is 0.333. The Kier molecular flexibility index (Phi) is 4.29. The molecule has 1 aromatic heterocycles. The molecule has 3 rings (SSSR count). The van der Waals surface area contributed by atoms with Crippen LogP contribution in [0.15, 0.2) is 30.5 Å². The zero-order chi connectivity index (χ0) is 17.3. The number of nitrogens with zero attached hydrogens (tertiary/aromatic N) is 1. The number of aromatic amines is 1. The predicted molar refractivity (Wildman–Crippen MR) is 90.1 cm³/mol. The minimum Gasteiger partial charge on any atom is -0.496 e. The Morgan fingerprint density at radius 3 is 2.75 bits per heavy atom. The molecule has 3 N–H and O–H groups in total. The third-order valence-corrected chi connectivity index (χ3v) is 4.43. The Hall–Kier alpha value is -2.76. The van der Waals surface area contributed by atoms with Crippen molar-refractivity contribution in [3.8, 4) is 5.75 Å². The van der Waals surface area contributed by atoms with Crippen molar-refractivity contribution in [2.24, 2.45) is 5.73 Å². The average molecular weight is 327 g/mol. The molecule has 2 heterocycles. The lowest BCUT2D eigenvalue weighted by Crippen LogP contribution is -2.31. The number of nitrogens with two attached hydrogens (primary N) is 1. The second-order valence-electron chi connectivity index (χ2n) is 6.07. The van der Waals surface area contributed by atoms with E-state index in [4.69, 9.17) is 10.5 Å². The highest BCUT2D eigenvalue weighted by molar-refractivity contribution is 6.01. The van der Waals surface area contributed by atoms with Crippen molar-refractivity contribution < 1.29 is 14.3 Å². The van der Waals surface area contributed by atoms with Gasteiger partial charge in [0.2, 0.25) is 0 Å². The molecule has 6 nitrogen and oxygen atoms in total. The van der Waals surface area contributed by atoms with Crippen molar-refractivity contribution in [3.05, 3.63) is 52.8 Å². The van der Waals surface area contributed by atoms with E-state index in [1.54, 1.807) is 12.1 Å². The van der Waals surface area contributed by atoms with Crippen molar-refractivity contribution in [2.75, 3.05) is 13.7 Å². The lowest BCUT2D eigenvalue weighted by atomic mass is 10.1. The van der Waals surface area contributed by atoms with E-state index in [1.165, 1.54) is 13.2 Å². The number of carbonyl (C=O) groups is 2. The van der Waals surface area contributed by atoms with Gasteiger partial charge in [0.05, 0.1) is 18.7 Å². The molecule has 0 bridgehead atoms. The number of aryl methyl sites for hydroxylation is 1. The van der Waals surface area contributed by atoms with Crippen LogP contribution >= 0.6 is 0 Å². The van der Waals surface area contributed by atoms with E-state index in [1.807, 2.05) is 18.0 Å². The van der Waals surface area contributed by atoms with Crippen molar-refractivity contribution in [2.45, 2.75) is 25.8 Å². The molecule has 0 saturated carbocycles. The van der Waals surface area contributed by atoms with Crippen LogP contribution in [0.1, 0.15) is 50.9 Å². The molecule has 0 aliphatic carbocycles. The van der Waals surface area contributed by atoms with Gasteiger partial charge in [-0.3, -0.25) is 9.59 Å². The van der Waals surface area contributed by atoms with Gasteiger partial charge in [0.1, 0.15) is 5.75 Å². The van der Waals surface area contributed by atoms with E-state index in [-0.39, 0.29) is 17.5 Å². The normalized spacial score (nSPS) is 17.1. The van der Waals surface area contributed by atoms with Crippen LogP contribution in [-0.4, -0.2) is 35.4 Å². The van der Waals surface area contributed by atoms with Crippen LogP contribution in [-0.2, 0) is 0 Å². The van der Waals surface area contributed by atoms with Crippen LogP contribution in [0.5, 0.6) is 5.75 Å². The van der Waals surface area contributed by atoms with E-state index in [0.717, 1.165) is 24.1 Å². The van der Waals surface area contributed by atoms with Crippen molar-refractivity contribution in [1.29, 1.82) is 0 Å². The summed E-state index contributed by atoms with van der Waals surface area (Å²) in [5.74, 6) is -0.341. The summed E-state index contributed by atoms with van der Waals surface area (Å²) in [6.45, 7) is 2.71. The third-order valence-electron chi connectivity index (χ3n) is 4.43. The molecule has 6 heteroatoms. The van der Waals surface area contributed by atoms with Crippen LogP contribution < -0.4 is 10.5 Å². The maximum atomic E-state index is 12.9. The Morgan fingerprint density at radius 2 is 2.12 bits per heavy atom. The summed E-state index contributed by atoms with van der Waals surface area (Å²) in [7, 11) is 1.47. The van der Waals surface area contributed by atoms with E-state index in [0.29, 0.717) is 17.9 Å². The van der Waals surface area contributed by atoms with Crippen molar-refractivity contribution >= 4 is 11.8 Å². The fourth-order valence-corrected chi connectivity index (χ4v) is 3.25. The molecule has 1 atom stereocenters. The van der Waals surface area contributed by atoms with Gasteiger partial charge in [-0.25, -0.2) is 0 Å². The summed E-state index contributed by atoms with van der Waals surface area (Å²) in [4.78, 5) is 29.6. The van der Waals surface area contributed by atoms with Gasteiger partial charge in [0.25, 0.3) is 11.8 Å². The largest absolute Gasteiger partial charge is 0.496 e.